The van der Waals surface area contributed by atoms with Crippen molar-refractivity contribution in [1.82, 2.24) is 14.5 Å². The van der Waals surface area contributed by atoms with Gasteiger partial charge in [-0.05, 0) is 12.1 Å². The van der Waals surface area contributed by atoms with Crippen LogP contribution in [0.25, 0.3) is 0 Å². The lowest BCUT2D eigenvalue weighted by atomic mass is 10.4. The molecule has 0 atom stereocenters. The highest BCUT2D eigenvalue weighted by molar-refractivity contribution is 6.29. The molecule has 5 heteroatoms. The summed E-state index contributed by atoms with van der Waals surface area (Å²) in [6.45, 7) is 0.719. The minimum Gasteiger partial charge on any atom is -0.379 e. The highest BCUT2D eigenvalue weighted by Gasteiger charge is 1.98. The molecule has 0 amide bonds. The minimum atomic E-state index is 0.491. The summed E-state index contributed by atoms with van der Waals surface area (Å²) in [7, 11) is 1.96. The lowest BCUT2D eigenvalue weighted by Gasteiger charge is -2.06. The van der Waals surface area contributed by atoms with Gasteiger partial charge in [0.2, 0.25) is 0 Å². The number of nitrogens with zero attached hydrogens (tertiary/aromatic N) is 3. The zero-order chi connectivity index (χ0) is 10.7. The van der Waals surface area contributed by atoms with E-state index >= 15 is 0 Å². The molecule has 0 radical (unpaired) electrons. The van der Waals surface area contributed by atoms with Crippen LogP contribution in [0.2, 0.25) is 5.15 Å². The van der Waals surface area contributed by atoms with E-state index in [0.29, 0.717) is 5.15 Å². The Kier molecular flexibility index (Phi) is 2.87. The Hall–Kier alpha value is -1.55. The van der Waals surface area contributed by atoms with Gasteiger partial charge in [0, 0.05) is 25.1 Å². The van der Waals surface area contributed by atoms with E-state index in [-0.39, 0.29) is 0 Å². The van der Waals surface area contributed by atoms with Crippen LogP contribution >= 0.6 is 11.6 Å². The molecule has 2 aromatic heterocycles. The molecule has 2 rings (SSSR count). The van der Waals surface area contributed by atoms with Gasteiger partial charge >= 0.3 is 0 Å². The molecule has 1 N–H and O–H groups in total. The first-order chi connectivity index (χ1) is 7.25. The second-order valence-electron chi connectivity index (χ2n) is 3.22. The molecule has 0 bridgehead atoms. The van der Waals surface area contributed by atoms with Gasteiger partial charge in [-0.3, -0.25) is 0 Å². The lowest BCUT2D eigenvalue weighted by molar-refractivity contribution is 0.837. The Morgan fingerprint density at radius 2 is 2.40 bits per heavy atom. The zero-order valence-electron chi connectivity index (χ0n) is 8.31. The van der Waals surface area contributed by atoms with E-state index in [9.17, 15) is 0 Å². The summed E-state index contributed by atoms with van der Waals surface area (Å²) in [5.41, 5.74) is 2.07. The predicted molar refractivity (Wildman–Crippen MR) is 59.8 cm³/mol. The number of imidazole rings is 1. The van der Waals surface area contributed by atoms with Gasteiger partial charge in [0.05, 0.1) is 18.6 Å². The van der Waals surface area contributed by atoms with E-state index in [1.54, 1.807) is 18.6 Å². The number of rotatable bonds is 3. The summed E-state index contributed by atoms with van der Waals surface area (Å²) in [6.07, 6.45) is 5.28. The van der Waals surface area contributed by atoms with Crippen molar-refractivity contribution in [1.29, 1.82) is 0 Å². The predicted octanol–water partition coefficient (Wildman–Crippen LogP) is 2.08. The highest BCUT2D eigenvalue weighted by Crippen LogP contribution is 2.12. The summed E-state index contributed by atoms with van der Waals surface area (Å²) in [5, 5.41) is 3.73. The van der Waals surface area contributed by atoms with Crippen LogP contribution in [0.4, 0.5) is 5.69 Å². The van der Waals surface area contributed by atoms with E-state index in [1.165, 1.54) is 0 Å². The Morgan fingerprint density at radius 1 is 1.53 bits per heavy atom. The van der Waals surface area contributed by atoms with Crippen molar-refractivity contribution in [2.75, 3.05) is 5.32 Å². The molecule has 78 valence electrons. The minimum absolute atomic E-state index is 0.491. The molecule has 4 nitrogen and oxygen atoms in total. The number of pyridine rings is 1. The number of nitrogens with one attached hydrogen (secondary N) is 1. The second kappa shape index (κ2) is 4.31. The van der Waals surface area contributed by atoms with Crippen LogP contribution in [0.5, 0.6) is 0 Å². The molecule has 0 aliphatic heterocycles. The normalized spacial score (nSPS) is 10.3. The summed E-state index contributed by atoms with van der Waals surface area (Å²) in [6, 6.07) is 3.67. The van der Waals surface area contributed by atoms with E-state index < -0.39 is 0 Å². The zero-order valence-corrected chi connectivity index (χ0v) is 9.07. The number of hydrogen-bond acceptors (Lipinski definition) is 3. The highest BCUT2D eigenvalue weighted by atomic mass is 35.5. The Balaban J connectivity index is 2.02. The number of hydrogen-bond donors (Lipinski definition) is 1. The molecule has 15 heavy (non-hydrogen) atoms. The average molecular weight is 223 g/mol. The topological polar surface area (TPSA) is 42.7 Å². The van der Waals surface area contributed by atoms with Crippen molar-refractivity contribution in [3.63, 3.8) is 0 Å². The first kappa shape index (κ1) is 9.98. The van der Waals surface area contributed by atoms with Crippen LogP contribution in [0.1, 0.15) is 5.69 Å². The maximum atomic E-state index is 5.77. The Bertz CT molecular complexity index is 452. The molecule has 0 saturated heterocycles. The molecule has 0 aliphatic rings. The van der Waals surface area contributed by atoms with E-state index in [2.05, 4.69) is 15.3 Å². The molecule has 0 saturated carbocycles. The third-order valence-corrected chi connectivity index (χ3v) is 2.32. The van der Waals surface area contributed by atoms with Gasteiger partial charge in [0.1, 0.15) is 5.15 Å². The summed E-state index contributed by atoms with van der Waals surface area (Å²) in [4.78, 5) is 7.95. The van der Waals surface area contributed by atoms with E-state index in [4.69, 9.17) is 11.6 Å². The molecular weight excluding hydrogens is 212 g/mol. The fourth-order valence-electron chi connectivity index (χ4n) is 1.26. The monoisotopic (exact) mass is 222 g/mol. The van der Waals surface area contributed by atoms with Gasteiger partial charge in [-0.15, -0.1) is 0 Å². The van der Waals surface area contributed by atoms with Crippen LogP contribution < -0.4 is 5.32 Å². The van der Waals surface area contributed by atoms with E-state index in [0.717, 1.165) is 17.9 Å². The maximum Gasteiger partial charge on any atom is 0.131 e. The molecule has 2 aromatic rings. The number of aromatic nitrogens is 3. The molecule has 0 fully saturated rings. The van der Waals surface area contributed by atoms with Crippen molar-refractivity contribution in [2.45, 2.75) is 6.54 Å². The third-order valence-electron chi connectivity index (χ3n) is 2.12. The van der Waals surface area contributed by atoms with Crippen molar-refractivity contribution in [3.8, 4) is 0 Å². The average Bonchev–Trinajstić information content (AvgIpc) is 2.61. The first-order valence-electron chi connectivity index (χ1n) is 4.56. The van der Waals surface area contributed by atoms with Crippen LogP contribution in [0, 0.1) is 0 Å². The third kappa shape index (κ3) is 2.47. The van der Waals surface area contributed by atoms with Crippen LogP contribution in [0.3, 0.4) is 0 Å². The number of halogens is 1. The molecule has 0 aliphatic carbocycles. The summed E-state index contributed by atoms with van der Waals surface area (Å²) in [5.74, 6) is 0. The first-order valence-corrected chi connectivity index (χ1v) is 4.94. The van der Waals surface area contributed by atoms with Crippen LogP contribution in [-0.2, 0) is 13.6 Å². The molecule has 0 spiro atoms. The maximum absolute atomic E-state index is 5.77. The smallest absolute Gasteiger partial charge is 0.131 e. The van der Waals surface area contributed by atoms with Crippen molar-refractivity contribution in [3.05, 3.63) is 41.7 Å². The Labute approximate surface area is 92.9 Å². The van der Waals surface area contributed by atoms with Gasteiger partial charge in [-0.25, -0.2) is 9.97 Å². The standard InChI is InChI=1S/C10H11ClN4/c1-15-7-12-5-9(15)6-14-8-2-3-13-10(11)4-8/h2-5,7H,6H2,1H3,(H,13,14). The summed E-state index contributed by atoms with van der Waals surface area (Å²) >= 11 is 5.77. The summed E-state index contributed by atoms with van der Waals surface area (Å²) < 4.78 is 1.97. The van der Waals surface area contributed by atoms with Gasteiger partial charge in [0.15, 0.2) is 0 Å². The molecular formula is C10H11ClN4. The molecule has 2 heterocycles. The largest absolute Gasteiger partial charge is 0.379 e. The SMILES string of the molecule is Cn1cncc1CNc1ccnc(Cl)c1. The fraction of sp³-hybridized carbons (Fsp3) is 0.200. The van der Waals surface area contributed by atoms with Crippen molar-refractivity contribution < 1.29 is 0 Å². The van der Waals surface area contributed by atoms with Crippen molar-refractivity contribution >= 4 is 17.3 Å². The second-order valence-corrected chi connectivity index (χ2v) is 3.60. The van der Waals surface area contributed by atoms with Gasteiger partial charge in [-0.2, -0.15) is 0 Å². The van der Waals surface area contributed by atoms with Crippen LogP contribution in [0.15, 0.2) is 30.9 Å². The van der Waals surface area contributed by atoms with E-state index in [1.807, 2.05) is 23.9 Å². The molecule has 0 aromatic carbocycles. The van der Waals surface area contributed by atoms with Gasteiger partial charge < -0.3 is 9.88 Å². The van der Waals surface area contributed by atoms with Crippen LogP contribution in [-0.4, -0.2) is 14.5 Å². The molecule has 0 unspecified atom stereocenters. The van der Waals surface area contributed by atoms with Gasteiger partial charge in [0.25, 0.3) is 0 Å². The van der Waals surface area contributed by atoms with Crippen molar-refractivity contribution in [2.24, 2.45) is 7.05 Å². The lowest BCUT2D eigenvalue weighted by Crippen LogP contribution is -2.03. The van der Waals surface area contributed by atoms with Gasteiger partial charge in [-0.1, -0.05) is 11.6 Å². The quantitative estimate of drug-likeness (QED) is 0.809. The Morgan fingerprint density at radius 3 is 3.07 bits per heavy atom. The fourth-order valence-corrected chi connectivity index (χ4v) is 1.43. The number of anilines is 1. The number of aryl methyl sites for hydroxylation is 1.